The molecule has 1 aromatic rings. The largest absolute Gasteiger partial charge is 0.253 e. The van der Waals surface area contributed by atoms with Gasteiger partial charge in [0.2, 0.25) is 0 Å². The van der Waals surface area contributed by atoms with Crippen molar-refractivity contribution in [2.45, 2.75) is 51.9 Å². The summed E-state index contributed by atoms with van der Waals surface area (Å²) < 4.78 is 0. The highest BCUT2D eigenvalue weighted by molar-refractivity contribution is 5.84. The fourth-order valence-electron chi connectivity index (χ4n) is 3.37. The highest BCUT2D eigenvalue weighted by Crippen LogP contribution is 2.48. The van der Waals surface area contributed by atoms with Crippen molar-refractivity contribution < 1.29 is 0 Å². The summed E-state index contributed by atoms with van der Waals surface area (Å²) in [5.74, 6) is 0.782. The number of benzene rings is 1. The maximum Gasteiger partial charge on any atom is 0.0708 e. The second-order valence-electron chi connectivity index (χ2n) is 5.57. The van der Waals surface area contributed by atoms with Gasteiger partial charge in [-0.25, -0.2) is 0 Å². The molecule has 1 aliphatic heterocycles. The fraction of sp³-hybridized carbons (Fsp3) is 0.529. The summed E-state index contributed by atoms with van der Waals surface area (Å²) in [5, 5.41) is 4.79. The van der Waals surface area contributed by atoms with Crippen molar-refractivity contribution in [2.24, 2.45) is 5.92 Å². The van der Waals surface area contributed by atoms with Crippen molar-refractivity contribution in [1.82, 2.24) is 5.32 Å². The van der Waals surface area contributed by atoms with Crippen LogP contribution in [0.2, 0.25) is 0 Å². The number of rotatable bonds is 5. The zero-order valence-electron chi connectivity index (χ0n) is 11.3. The minimum Gasteiger partial charge on any atom is -0.253 e. The molecular weight excluding hydrogens is 218 g/mol. The Labute approximate surface area is 110 Å². The molecule has 1 atom stereocenters. The summed E-state index contributed by atoms with van der Waals surface area (Å²) in [6.45, 7) is 2.28. The smallest absolute Gasteiger partial charge is 0.0708 e. The Hall–Kier alpha value is -1.24. The van der Waals surface area contributed by atoms with Crippen LogP contribution >= 0.6 is 0 Å². The van der Waals surface area contributed by atoms with Gasteiger partial charge >= 0.3 is 0 Å². The molecule has 1 radical (unpaired) electrons. The molecule has 0 N–H and O–H groups in total. The van der Waals surface area contributed by atoms with Crippen molar-refractivity contribution in [1.29, 1.82) is 0 Å². The first-order chi connectivity index (χ1) is 8.90. The molecule has 0 fully saturated rings. The fourth-order valence-corrected chi connectivity index (χ4v) is 3.37. The average molecular weight is 240 g/mol. The predicted molar refractivity (Wildman–Crippen MR) is 76.6 cm³/mol. The Morgan fingerprint density at radius 3 is 2.94 bits per heavy atom. The maximum absolute atomic E-state index is 4.79. The first-order valence-corrected chi connectivity index (χ1v) is 7.44. The zero-order chi connectivity index (χ0) is 12.4. The van der Waals surface area contributed by atoms with Crippen LogP contribution in [0.4, 0.5) is 5.69 Å². The van der Waals surface area contributed by atoms with Gasteiger partial charge in [0.1, 0.15) is 0 Å². The molecule has 1 aromatic carbocycles. The van der Waals surface area contributed by atoms with Crippen LogP contribution in [0.1, 0.15) is 57.4 Å². The molecule has 95 valence electrons. The summed E-state index contributed by atoms with van der Waals surface area (Å²) in [5.41, 5.74) is 5.60. The predicted octanol–water partition coefficient (Wildman–Crippen LogP) is 5.03. The molecular formula is C17H22N. The molecule has 0 bridgehead atoms. The molecule has 1 heterocycles. The standard InChI is InChI=1S/C17H22N/c1-2-3-4-5-8-13-11-12-16-17(13)14-9-6-7-10-15(14)18-16/h6-7,9-10,13H,2-5,8,11-12H2,1H3. The molecule has 0 aromatic heterocycles. The number of hydrogen-bond donors (Lipinski definition) is 0. The van der Waals surface area contributed by atoms with Crippen molar-refractivity contribution >= 4 is 11.3 Å². The lowest BCUT2D eigenvalue weighted by molar-refractivity contribution is 0.529. The molecule has 1 nitrogen and oxygen atoms in total. The van der Waals surface area contributed by atoms with Gasteiger partial charge in [-0.05, 0) is 36.8 Å². The van der Waals surface area contributed by atoms with Gasteiger partial charge < -0.3 is 0 Å². The van der Waals surface area contributed by atoms with E-state index in [9.17, 15) is 0 Å². The molecule has 0 saturated heterocycles. The third kappa shape index (κ3) is 2.07. The van der Waals surface area contributed by atoms with E-state index in [1.807, 2.05) is 0 Å². The Morgan fingerprint density at radius 2 is 2.06 bits per heavy atom. The van der Waals surface area contributed by atoms with E-state index >= 15 is 0 Å². The van der Waals surface area contributed by atoms with Crippen LogP contribution in [0.5, 0.6) is 0 Å². The van der Waals surface area contributed by atoms with E-state index < -0.39 is 0 Å². The second kappa shape index (κ2) is 5.17. The highest BCUT2D eigenvalue weighted by atomic mass is 14.9. The van der Waals surface area contributed by atoms with Gasteiger partial charge in [0.25, 0.3) is 0 Å². The number of nitrogens with zero attached hydrogens (tertiary/aromatic N) is 1. The molecule has 0 amide bonds. The Kier molecular flexibility index (Phi) is 3.40. The van der Waals surface area contributed by atoms with E-state index in [-0.39, 0.29) is 0 Å². The van der Waals surface area contributed by atoms with E-state index in [1.54, 1.807) is 5.57 Å². The van der Waals surface area contributed by atoms with E-state index in [4.69, 9.17) is 5.32 Å². The Morgan fingerprint density at radius 1 is 1.17 bits per heavy atom. The molecule has 1 aliphatic carbocycles. The quantitative estimate of drug-likeness (QED) is 0.641. The molecule has 2 aliphatic rings. The van der Waals surface area contributed by atoms with Gasteiger partial charge in [-0.3, -0.25) is 5.32 Å². The van der Waals surface area contributed by atoms with Gasteiger partial charge in [-0.1, -0.05) is 50.8 Å². The normalized spacial score (nSPS) is 20.8. The second-order valence-corrected chi connectivity index (χ2v) is 5.57. The molecule has 18 heavy (non-hydrogen) atoms. The maximum atomic E-state index is 4.79. The average Bonchev–Trinajstić information content (AvgIpc) is 2.94. The van der Waals surface area contributed by atoms with Crippen LogP contribution in [0.25, 0.3) is 5.57 Å². The van der Waals surface area contributed by atoms with Crippen LogP contribution in [-0.2, 0) is 0 Å². The van der Waals surface area contributed by atoms with Crippen LogP contribution in [-0.4, -0.2) is 0 Å². The molecule has 1 unspecified atom stereocenters. The van der Waals surface area contributed by atoms with Crippen LogP contribution in [0.3, 0.4) is 0 Å². The zero-order valence-corrected chi connectivity index (χ0v) is 11.3. The lowest BCUT2D eigenvalue weighted by atomic mass is 9.90. The number of unbranched alkanes of at least 4 members (excludes halogenated alkanes) is 3. The number of para-hydroxylation sites is 1. The van der Waals surface area contributed by atoms with Crippen molar-refractivity contribution in [2.75, 3.05) is 0 Å². The molecule has 1 heteroatoms. The van der Waals surface area contributed by atoms with Gasteiger partial charge in [0.05, 0.1) is 5.69 Å². The SMILES string of the molecule is CCCCCCC1CCC2=C1c1ccccc1[N]2. The summed E-state index contributed by atoms with van der Waals surface area (Å²) in [7, 11) is 0. The summed E-state index contributed by atoms with van der Waals surface area (Å²) >= 11 is 0. The highest BCUT2D eigenvalue weighted by Gasteiger charge is 2.32. The first-order valence-electron chi connectivity index (χ1n) is 7.44. The van der Waals surface area contributed by atoms with Crippen molar-refractivity contribution in [3.63, 3.8) is 0 Å². The van der Waals surface area contributed by atoms with Crippen molar-refractivity contribution in [3.05, 3.63) is 35.5 Å². The summed E-state index contributed by atoms with van der Waals surface area (Å²) in [6, 6.07) is 8.66. The minimum absolute atomic E-state index is 0.782. The molecule has 3 rings (SSSR count). The van der Waals surface area contributed by atoms with E-state index in [1.165, 1.54) is 61.9 Å². The van der Waals surface area contributed by atoms with E-state index in [0.717, 1.165) is 5.92 Å². The van der Waals surface area contributed by atoms with Crippen LogP contribution in [0.15, 0.2) is 30.0 Å². The third-order valence-corrected chi connectivity index (χ3v) is 4.30. The lowest BCUT2D eigenvalue weighted by Gasteiger charge is -2.14. The van der Waals surface area contributed by atoms with Crippen molar-refractivity contribution in [3.8, 4) is 0 Å². The number of fused-ring (bicyclic) bond motifs is 2. The molecule has 0 saturated carbocycles. The number of hydrogen-bond acceptors (Lipinski definition) is 0. The van der Waals surface area contributed by atoms with Crippen LogP contribution in [0, 0.1) is 5.92 Å². The van der Waals surface area contributed by atoms with Gasteiger partial charge in [0.15, 0.2) is 0 Å². The van der Waals surface area contributed by atoms with Crippen LogP contribution < -0.4 is 5.32 Å². The monoisotopic (exact) mass is 240 g/mol. The Balaban J connectivity index is 1.69. The van der Waals surface area contributed by atoms with Gasteiger partial charge in [0, 0.05) is 11.3 Å². The van der Waals surface area contributed by atoms with E-state index in [0.29, 0.717) is 0 Å². The van der Waals surface area contributed by atoms with Gasteiger partial charge in [-0.15, -0.1) is 0 Å². The van der Waals surface area contributed by atoms with E-state index in [2.05, 4.69) is 31.2 Å². The van der Waals surface area contributed by atoms with Gasteiger partial charge in [-0.2, -0.15) is 0 Å². The Bertz CT molecular complexity index is 458. The lowest BCUT2D eigenvalue weighted by Crippen LogP contribution is -1.99. The molecule has 0 spiro atoms. The first kappa shape index (κ1) is 11.8. The summed E-state index contributed by atoms with van der Waals surface area (Å²) in [6.07, 6.45) is 9.39. The number of allylic oxidation sites excluding steroid dienone is 2. The topological polar surface area (TPSA) is 14.1 Å². The minimum atomic E-state index is 0.782. The third-order valence-electron chi connectivity index (χ3n) is 4.30. The summed E-state index contributed by atoms with van der Waals surface area (Å²) in [4.78, 5) is 0.